The van der Waals surface area contributed by atoms with Gasteiger partial charge in [0.05, 0.1) is 24.8 Å². The lowest BCUT2D eigenvalue weighted by atomic mass is 10.0. The van der Waals surface area contributed by atoms with E-state index in [9.17, 15) is 0 Å². The van der Waals surface area contributed by atoms with E-state index in [4.69, 9.17) is 10.4 Å². The fourth-order valence-electron chi connectivity index (χ4n) is 1.57. The third-order valence-electron chi connectivity index (χ3n) is 2.70. The van der Waals surface area contributed by atoms with Gasteiger partial charge < -0.3 is 9.84 Å². The van der Waals surface area contributed by atoms with E-state index in [0.29, 0.717) is 5.56 Å². The van der Waals surface area contributed by atoms with Crippen LogP contribution in [0, 0.1) is 11.3 Å². The van der Waals surface area contributed by atoms with Crippen molar-refractivity contribution in [2.75, 3.05) is 13.2 Å². The second-order valence-electron chi connectivity index (χ2n) is 4.20. The standard InChI is InChI=1S/C13H9N.C3H6O2/c14-10-11-5-4-8-13(9-11)12-6-2-1-3-7-12;4-1-3-2-5-3/h1-9H;3-4H,1-2H2. The van der Waals surface area contributed by atoms with Gasteiger partial charge in [0.2, 0.25) is 0 Å². The quantitative estimate of drug-likeness (QED) is 0.837. The van der Waals surface area contributed by atoms with Crippen molar-refractivity contribution in [3.8, 4) is 17.2 Å². The number of hydrogen-bond donors (Lipinski definition) is 1. The van der Waals surface area contributed by atoms with Gasteiger partial charge in [-0.25, -0.2) is 0 Å². The third kappa shape index (κ3) is 4.22. The number of aliphatic hydroxyl groups excluding tert-OH is 1. The maximum Gasteiger partial charge on any atom is 0.104 e. The molecule has 1 heterocycles. The predicted octanol–water partition coefficient (Wildman–Crippen LogP) is 2.60. The molecule has 3 nitrogen and oxygen atoms in total. The Kier molecular flexibility index (Phi) is 4.68. The van der Waals surface area contributed by atoms with Gasteiger partial charge >= 0.3 is 0 Å². The summed E-state index contributed by atoms with van der Waals surface area (Å²) in [6.07, 6.45) is 0.190. The van der Waals surface area contributed by atoms with E-state index in [-0.39, 0.29) is 12.7 Å². The summed E-state index contributed by atoms with van der Waals surface area (Å²) in [4.78, 5) is 0. The van der Waals surface area contributed by atoms with Crippen LogP contribution in [0.25, 0.3) is 11.1 Å². The summed E-state index contributed by atoms with van der Waals surface area (Å²) in [5, 5.41) is 16.8. The van der Waals surface area contributed by atoms with Crippen molar-refractivity contribution in [3.05, 3.63) is 60.2 Å². The van der Waals surface area contributed by atoms with Gasteiger partial charge in [0.25, 0.3) is 0 Å². The van der Waals surface area contributed by atoms with Gasteiger partial charge in [-0.2, -0.15) is 5.26 Å². The molecule has 0 radical (unpaired) electrons. The van der Waals surface area contributed by atoms with Crippen LogP contribution in [0.1, 0.15) is 5.56 Å². The summed E-state index contributed by atoms with van der Waals surface area (Å²) in [7, 11) is 0. The second kappa shape index (κ2) is 6.69. The van der Waals surface area contributed by atoms with E-state index in [1.165, 1.54) is 0 Å². The summed E-state index contributed by atoms with van der Waals surface area (Å²) in [5.74, 6) is 0. The molecule has 3 rings (SSSR count). The summed E-state index contributed by atoms with van der Waals surface area (Å²) in [6.45, 7) is 0.955. The molecule has 0 aromatic heterocycles. The monoisotopic (exact) mass is 253 g/mol. The number of epoxide rings is 1. The molecule has 0 amide bonds. The molecule has 96 valence electrons. The molecule has 3 heteroatoms. The molecule has 0 spiro atoms. The first kappa shape index (κ1) is 13.3. The van der Waals surface area contributed by atoms with Gasteiger partial charge in [0.1, 0.15) is 6.10 Å². The molecule has 0 bridgehead atoms. The van der Waals surface area contributed by atoms with Gasteiger partial charge in [-0.05, 0) is 23.3 Å². The van der Waals surface area contributed by atoms with Crippen LogP contribution in [0.3, 0.4) is 0 Å². The fraction of sp³-hybridized carbons (Fsp3) is 0.188. The zero-order valence-electron chi connectivity index (χ0n) is 10.5. The molecule has 0 aliphatic carbocycles. The van der Waals surface area contributed by atoms with Crippen LogP contribution in [0.4, 0.5) is 0 Å². The number of ether oxygens (including phenoxy) is 1. The summed E-state index contributed by atoms with van der Waals surface area (Å²) in [6, 6.07) is 19.8. The molecular formula is C16H15NO2. The van der Waals surface area contributed by atoms with Crippen molar-refractivity contribution in [3.63, 3.8) is 0 Å². The second-order valence-corrected chi connectivity index (χ2v) is 4.20. The maximum atomic E-state index is 8.76. The molecule has 1 unspecified atom stereocenters. The van der Waals surface area contributed by atoms with Crippen molar-refractivity contribution >= 4 is 0 Å². The third-order valence-corrected chi connectivity index (χ3v) is 2.70. The lowest BCUT2D eigenvalue weighted by Crippen LogP contribution is -1.88. The van der Waals surface area contributed by atoms with Crippen LogP contribution in [0.15, 0.2) is 54.6 Å². The van der Waals surface area contributed by atoms with E-state index in [1.807, 2.05) is 54.6 Å². The number of benzene rings is 2. The highest BCUT2D eigenvalue weighted by Gasteiger charge is 2.19. The van der Waals surface area contributed by atoms with Gasteiger partial charge in [-0.1, -0.05) is 42.5 Å². The van der Waals surface area contributed by atoms with Crippen LogP contribution >= 0.6 is 0 Å². The van der Waals surface area contributed by atoms with Gasteiger partial charge in [0.15, 0.2) is 0 Å². The average Bonchev–Trinajstić information content (AvgIpc) is 3.33. The van der Waals surface area contributed by atoms with E-state index in [1.54, 1.807) is 0 Å². The van der Waals surface area contributed by atoms with Crippen LogP contribution in [0.2, 0.25) is 0 Å². The molecule has 2 aromatic carbocycles. The summed E-state index contributed by atoms with van der Waals surface area (Å²) in [5.41, 5.74) is 2.93. The average molecular weight is 253 g/mol. The molecule has 1 aliphatic rings. The lowest BCUT2D eigenvalue weighted by molar-refractivity contribution is 0.244. The minimum absolute atomic E-state index is 0.190. The lowest BCUT2D eigenvalue weighted by Gasteiger charge is -2.00. The Bertz CT molecular complexity index is 556. The van der Waals surface area contributed by atoms with Crippen LogP contribution in [0.5, 0.6) is 0 Å². The van der Waals surface area contributed by atoms with Crippen LogP contribution in [-0.4, -0.2) is 24.4 Å². The first-order valence-electron chi connectivity index (χ1n) is 6.11. The van der Waals surface area contributed by atoms with Crippen molar-refractivity contribution in [1.29, 1.82) is 5.26 Å². The topological polar surface area (TPSA) is 56.5 Å². The normalized spacial score (nSPS) is 15.9. The molecule has 1 atom stereocenters. The Morgan fingerprint density at radius 2 is 1.79 bits per heavy atom. The van der Waals surface area contributed by atoms with Crippen molar-refractivity contribution < 1.29 is 9.84 Å². The van der Waals surface area contributed by atoms with E-state index >= 15 is 0 Å². The molecule has 0 saturated carbocycles. The van der Waals surface area contributed by atoms with E-state index in [2.05, 4.69) is 10.8 Å². The van der Waals surface area contributed by atoms with E-state index in [0.717, 1.165) is 17.7 Å². The fourth-order valence-corrected chi connectivity index (χ4v) is 1.57. The Hall–Kier alpha value is -2.15. The number of hydrogen-bond acceptors (Lipinski definition) is 3. The highest BCUT2D eigenvalue weighted by Crippen LogP contribution is 2.19. The largest absolute Gasteiger partial charge is 0.394 e. The Morgan fingerprint density at radius 1 is 1.11 bits per heavy atom. The zero-order chi connectivity index (χ0) is 13.5. The molecule has 19 heavy (non-hydrogen) atoms. The molecule has 1 saturated heterocycles. The molecule has 2 aromatic rings. The summed E-state index contributed by atoms with van der Waals surface area (Å²) < 4.78 is 4.61. The van der Waals surface area contributed by atoms with Gasteiger partial charge in [-0.15, -0.1) is 0 Å². The molecular weight excluding hydrogens is 238 g/mol. The van der Waals surface area contributed by atoms with E-state index < -0.39 is 0 Å². The minimum Gasteiger partial charge on any atom is -0.394 e. The molecule has 1 N–H and O–H groups in total. The highest BCUT2D eigenvalue weighted by atomic mass is 16.6. The Balaban J connectivity index is 0.000000224. The van der Waals surface area contributed by atoms with Crippen LogP contribution in [-0.2, 0) is 4.74 Å². The zero-order valence-corrected chi connectivity index (χ0v) is 10.5. The minimum atomic E-state index is 0.190. The van der Waals surface area contributed by atoms with Gasteiger partial charge in [-0.3, -0.25) is 0 Å². The van der Waals surface area contributed by atoms with Crippen molar-refractivity contribution in [2.24, 2.45) is 0 Å². The SMILES string of the molecule is N#Cc1cccc(-c2ccccc2)c1.OCC1CO1. The first-order chi connectivity index (χ1) is 9.33. The maximum absolute atomic E-state index is 8.76. The Morgan fingerprint density at radius 3 is 2.32 bits per heavy atom. The van der Waals surface area contributed by atoms with Gasteiger partial charge in [0, 0.05) is 0 Å². The number of nitriles is 1. The van der Waals surface area contributed by atoms with Crippen molar-refractivity contribution in [2.45, 2.75) is 6.10 Å². The predicted molar refractivity (Wildman–Crippen MR) is 73.4 cm³/mol. The number of nitrogens with zero attached hydrogens (tertiary/aromatic N) is 1. The summed E-state index contributed by atoms with van der Waals surface area (Å²) >= 11 is 0. The van der Waals surface area contributed by atoms with Crippen LogP contribution < -0.4 is 0 Å². The number of aliphatic hydroxyl groups is 1. The number of rotatable bonds is 2. The Labute approximate surface area is 112 Å². The smallest absolute Gasteiger partial charge is 0.104 e. The molecule has 1 fully saturated rings. The highest BCUT2D eigenvalue weighted by molar-refractivity contribution is 5.64. The first-order valence-corrected chi connectivity index (χ1v) is 6.11. The molecule has 1 aliphatic heterocycles. The van der Waals surface area contributed by atoms with Crippen molar-refractivity contribution in [1.82, 2.24) is 0 Å².